The molecule has 3 aromatic rings. The van der Waals surface area contributed by atoms with Gasteiger partial charge in [-0.2, -0.15) is 0 Å². The first kappa shape index (κ1) is 19.2. The zero-order valence-corrected chi connectivity index (χ0v) is 16.3. The summed E-state index contributed by atoms with van der Waals surface area (Å²) < 4.78 is 5.90. The molecule has 0 aromatic heterocycles. The first-order chi connectivity index (χ1) is 13.2. The third-order valence-corrected chi connectivity index (χ3v) is 4.83. The molecule has 0 spiro atoms. The van der Waals surface area contributed by atoms with Crippen molar-refractivity contribution in [3.63, 3.8) is 0 Å². The largest absolute Gasteiger partial charge is 0.493 e. The van der Waals surface area contributed by atoms with Gasteiger partial charge in [0.2, 0.25) is 0 Å². The maximum absolute atomic E-state index is 5.90. The molecule has 3 aromatic carbocycles. The first-order valence-electron chi connectivity index (χ1n) is 9.80. The summed E-state index contributed by atoms with van der Waals surface area (Å²) in [5.41, 5.74) is 5.25. The van der Waals surface area contributed by atoms with E-state index in [0.717, 1.165) is 25.1 Å². The molecule has 2 nitrogen and oxygen atoms in total. The fraction of sp³-hybridized carbons (Fsp3) is 0.280. The summed E-state index contributed by atoms with van der Waals surface area (Å²) in [5, 5.41) is 3.67. The highest BCUT2D eigenvalue weighted by Gasteiger charge is 2.09. The molecular formula is C25H29NO. The molecule has 0 aliphatic rings. The lowest BCUT2D eigenvalue weighted by atomic mass is 10.0. The van der Waals surface area contributed by atoms with Crippen molar-refractivity contribution < 1.29 is 4.74 Å². The van der Waals surface area contributed by atoms with Gasteiger partial charge in [0.05, 0.1) is 6.61 Å². The van der Waals surface area contributed by atoms with Gasteiger partial charge in [0.15, 0.2) is 0 Å². The number of nitrogens with one attached hydrogen (secondary N) is 1. The molecule has 0 aliphatic carbocycles. The van der Waals surface area contributed by atoms with Crippen LogP contribution in [0.4, 0.5) is 0 Å². The number of aryl methyl sites for hydroxylation is 1. The van der Waals surface area contributed by atoms with Crippen LogP contribution in [0, 0.1) is 6.92 Å². The van der Waals surface area contributed by atoms with Crippen LogP contribution in [0.2, 0.25) is 0 Å². The van der Waals surface area contributed by atoms with Crippen molar-refractivity contribution in [1.29, 1.82) is 0 Å². The quantitative estimate of drug-likeness (QED) is 0.517. The monoisotopic (exact) mass is 359 g/mol. The highest BCUT2D eigenvalue weighted by Crippen LogP contribution is 2.21. The fourth-order valence-corrected chi connectivity index (χ4v) is 3.29. The number of ether oxygens (including phenoxy) is 1. The molecule has 0 aliphatic heterocycles. The Morgan fingerprint density at radius 2 is 1.59 bits per heavy atom. The van der Waals surface area contributed by atoms with Crippen molar-refractivity contribution in [1.82, 2.24) is 5.32 Å². The van der Waals surface area contributed by atoms with E-state index in [0.29, 0.717) is 12.6 Å². The number of hydrogen-bond donors (Lipinski definition) is 1. The molecule has 0 saturated heterocycles. The maximum Gasteiger partial charge on any atom is 0.119 e. The Morgan fingerprint density at radius 1 is 0.852 bits per heavy atom. The van der Waals surface area contributed by atoms with Crippen molar-refractivity contribution >= 4 is 0 Å². The van der Waals surface area contributed by atoms with Gasteiger partial charge < -0.3 is 10.1 Å². The third-order valence-electron chi connectivity index (χ3n) is 4.83. The molecule has 3 rings (SSSR count). The average Bonchev–Trinajstić information content (AvgIpc) is 2.70. The molecule has 1 unspecified atom stereocenters. The van der Waals surface area contributed by atoms with Crippen LogP contribution in [0.3, 0.4) is 0 Å². The normalized spacial score (nSPS) is 11.9. The molecule has 0 radical (unpaired) electrons. The highest BCUT2D eigenvalue weighted by atomic mass is 16.5. The number of benzene rings is 3. The van der Waals surface area contributed by atoms with Crippen molar-refractivity contribution in [2.24, 2.45) is 0 Å². The number of hydrogen-bond acceptors (Lipinski definition) is 2. The Balaban J connectivity index is 1.51. The summed E-state index contributed by atoms with van der Waals surface area (Å²) in [6.07, 6.45) is 1.98. The predicted molar refractivity (Wildman–Crippen MR) is 113 cm³/mol. The van der Waals surface area contributed by atoms with E-state index in [1.54, 1.807) is 0 Å². The van der Waals surface area contributed by atoms with Crippen molar-refractivity contribution in [2.75, 3.05) is 6.61 Å². The van der Waals surface area contributed by atoms with E-state index in [1.165, 1.54) is 22.3 Å². The molecule has 0 bridgehead atoms. The Morgan fingerprint density at radius 3 is 2.30 bits per heavy atom. The Hall–Kier alpha value is -2.58. The van der Waals surface area contributed by atoms with Gasteiger partial charge in [-0.15, -0.1) is 0 Å². The van der Waals surface area contributed by atoms with E-state index in [-0.39, 0.29) is 0 Å². The lowest BCUT2D eigenvalue weighted by Gasteiger charge is -2.18. The zero-order valence-electron chi connectivity index (χ0n) is 16.3. The van der Waals surface area contributed by atoms with Crippen LogP contribution in [0.25, 0.3) is 0 Å². The van der Waals surface area contributed by atoms with E-state index in [1.807, 2.05) is 6.07 Å². The highest BCUT2D eigenvalue weighted by molar-refractivity contribution is 5.30. The van der Waals surface area contributed by atoms with E-state index < -0.39 is 0 Å². The van der Waals surface area contributed by atoms with Crippen LogP contribution in [0.15, 0.2) is 78.9 Å². The van der Waals surface area contributed by atoms with Gasteiger partial charge in [0.25, 0.3) is 0 Å². The summed E-state index contributed by atoms with van der Waals surface area (Å²) in [5.74, 6) is 0.934. The van der Waals surface area contributed by atoms with Crippen LogP contribution in [-0.2, 0) is 13.0 Å². The Bertz CT molecular complexity index is 811. The van der Waals surface area contributed by atoms with Gasteiger partial charge in [-0.25, -0.2) is 0 Å². The maximum atomic E-state index is 5.90. The van der Waals surface area contributed by atoms with E-state index in [9.17, 15) is 0 Å². The summed E-state index contributed by atoms with van der Waals surface area (Å²) in [6.45, 7) is 5.94. The van der Waals surface area contributed by atoms with Crippen molar-refractivity contribution in [3.05, 3.63) is 101 Å². The Labute approximate surface area is 163 Å². The predicted octanol–water partition coefficient (Wildman–Crippen LogP) is 5.86. The minimum Gasteiger partial charge on any atom is -0.493 e. The second kappa shape index (κ2) is 9.94. The molecule has 1 atom stereocenters. The second-order valence-corrected chi connectivity index (χ2v) is 6.98. The van der Waals surface area contributed by atoms with Crippen molar-refractivity contribution in [3.8, 4) is 5.75 Å². The molecule has 140 valence electrons. The summed E-state index contributed by atoms with van der Waals surface area (Å²) in [4.78, 5) is 0. The third kappa shape index (κ3) is 5.97. The van der Waals surface area contributed by atoms with Gasteiger partial charge >= 0.3 is 0 Å². The second-order valence-electron chi connectivity index (χ2n) is 6.98. The molecule has 0 amide bonds. The Kier molecular flexibility index (Phi) is 7.06. The van der Waals surface area contributed by atoms with Crippen LogP contribution in [0.5, 0.6) is 5.75 Å². The first-order valence-corrected chi connectivity index (χ1v) is 9.80. The fourth-order valence-electron chi connectivity index (χ4n) is 3.29. The van der Waals surface area contributed by atoms with Crippen LogP contribution in [-0.4, -0.2) is 6.61 Å². The van der Waals surface area contributed by atoms with Gasteiger partial charge in [-0.1, -0.05) is 79.2 Å². The smallest absolute Gasteiger partial charge is 0.119 e. The van der Waals surface area contributed by atoms with Crippen molar-refractivity contribution in [2.45, 2.75) is 39.3 Å². The molecule has 0 saturated carbocycles. The van der Waals surface area contributed by atoms with Gasteiger partial charge in [0, 0.05) is 19.0 Å². The minimum atomic E-state index is 0.351. The summed E-state index contributed by atoms with van der Waals surface area (Å²) >= 11 is 0. The van der Waals surface area contributed by atoms with E-state index in [4.69, 9.17) is 4.74 Å². The minimum absolute atomic E-state index is 0.351. The topological polar surface area (TPSA) is 21.3 Å². The molecule has 1 N–H and O–H groups in total. The number of rotatable bonds is 9. The molecule has 2 heteroatoms. The average molecular weight is 360 g/mol. The SMILES string of the molecule is CCC(NCc1cccc(C)c1)c1ccc(OCCc2ccccc2)cc1. The van der Waals surface area contributed by atoms with E-state index >= 15 is 0 Å². The standard InChI is InChI=1S/C25H29NO/c1-3-25(26-19-22-11-7-8-20(2)18-22)23-12-14-24(15-13-23)27-17-16-21-9-5-4-6-10-21/h4-15,18,25-26H,3,16-17,19H2,1-2H3. The van der Waals surface area contributed by atoms with Gasteiger partial charge in [0.1, 0.15) is 5.75 Å². The van der Waals surface area contributed by atoms with Gasteiger partial charge in [-0.05, 0) is 42.2 Å². The molecular weight excluding hydrogens is 330 g/mol. The molecule has 0 heterocycles. The van der Waals surface area contributed by atoms with Crippen LogP contribution in [0.1, 0.15) is 41.6 Å². The van der Waals surface area contributed by atoms with Crippen LogP contribution >= 0.6 is 0 Å². The van der Waals surface area contributed by atoms with Crippen LogP contribution < -0.4 is 10.1 Å². The molecule has 27 heavy (non-hydrogen) atoms. The van der Waals surface area contributed by atoms with E-state index in [2.05, 4.69) is 92.0 Å². The summed E-state index contributed by atoms with van der Waals surface area (Å²) in [7, 11) is 0. The summed E-state index contributed by atoms with van der Waals surface area (Å²) in [6, 6.07) is 28.0. The molecule has 0 fully saturated rings. The van der Waals surface area contributed by atoms with Gasteiger partial charge in [-0.3, -0.25) is 0 Å². The zero-order chi connectivity index (χ0) is 18.9. The lowest BCUT2D eigenvalue weighted by Crippen LogP contribution is -2.20. The lowest BCUT2D eigenvalue weighted by molar-refractivity contribution is 0.321.